The van der Waals surface area contributed by atoms with Crippen molar-refractivity contribution in [2.75, 3.05) is 6.61 Å². The van der Waals surface area contributed by atoms with Gasteiger partial charge in [-0.2, -0.15) is 0 Å². The molecule has 8 heteroatoms. The molecule has 0 radical (unpaired) electrons. The second-order valence-corrected chi connectivity index (χ2v) is 12.9. The van der Waals surface area contributed by atoms with E-state index in [1.54, 1.807) is 18.2 Å². The zero-order valence-corrected chi connectivity index (χ0v) is 21.2. The van der Waals surface area contributed by atoms with Crippen LogP contribution < -0.4 is 0 Å². The van der Waals surface area contributed by atoms with Crippen molar-refractivity contribution in [3.63, 3.8) is 0 Å². The third-order valence-electron chi connectivity index (χ3n) is 4.06. The third-order valence-corrected chi connectivity index (χ3v) is 4.67. The van der Waals surface area contributed by atoms with Crippen LogP contribution in [0.5, 0.6) is 0 Å². The van der Waals surface area contributed by atoms with Crippen LogP contribution in [-0.4, -0.2) is 24.3 Å². The molecular weight excluding hydrogens is 574 g/mol. The molecule has 0 amide bonds. The molecule has 0 unspecified atom stereocenters. The monoisotopic (exact) mass is 590 g/mol. The van der Waals surface area contributed by atoms with Crippen LogP contribution >= 0.6 is 51.7 Å². The summed E-state index contributed by atoms with van der Waals surface area (Å²) >= 11 is 18.6. The van der Waals surface area contributed by atoms with Crippen LogP contribution in [0.3, 0.4) is 0 Å². The number of benzene rings is 2. The van der Waals surface area contributed by atoms with Gasteiger partial charge in [0, 0.05) is 5.56 Å². The van der Waals surface area contributed by atoms with Gasteiger partial charge in [-0.05, 0) is 17.5 Å². The number of aliphatic imine (C=N–C) groups is 2. The first-order valence-corrected chi connectivity index (χ1v) is 14.0. The first-order valence-electron chi connectivity index (χ1n) is 8.39. The van der Waals surface area contributed by atoms with Crippen molar-refractivity contribution in [2.24, 2.45) is 15.4 Å². The summed E-state index contributed by atoms with van der Waals surface area (Å²) in [6, 6.07) is 15.2. The SMILES string of the molecule is CC(C)(C)[C@H]1COC(C(=Nc2c(Cl)cccc2Cl)c2ccccc2)=N1.[Br][Ni][Br]. The third kappa shape index (κ3) is 6.57. The van der Waals surface area contributed by atoms with E-state index >= 15 is 0 Å². The molecular formula is C20H20Br2Cl2N2NiO. The van der Waals surface area contributed by atoms with E-state index in [4.69, 9.17) is 37.9 Å². The minimum atomic E-state index is 0.0194. The van der Waals surface area contributed by atoms with E-state index in [9.17, 15) is 0 Å². The predicted octanol–water partition coefficient (Wildman–Crippen LogP) is 7.65. The topological polar surface area (TPSA) is 34.0 Å². The molecule has 0 saturated carbocycles. The molecule has 28 heavy (non-hydrogen) atoms. The van der Waals surface area contributed by atoms with Crippen LogP contribution in [0.2, 0.25) is 10.0 Å². The first kappa shape index (κ1) is 23.9. The molecule has 1 atom stereocenters. The summed E-state index contributed by atoms with van der Waals surface area (Å²) in [5.41, 5.74) is 2.09. The number of ether oxygens (including phenoxy) is 1. The maximum absolute atomic E-state index is 6.30. The van der Waals surface area contributed by atoms with E-state index in [2.05, 4.69) is 49.2 Å². The van der Waals surface area contributed by atoms with Crippen molar-refractivity contribution < 1.29 is 15.6 Å². The maximum atomic E-state index is 6.30. The van der Waals surface area contributed by atoms with Gasteiger partial charge in [0.25, 0.3) is 0 Å². The standard InChI is InChI=1S/C20H20Cl2N2O.2BrH.Ni/c1-20(2,3)16-12-25-19(23-16)17(13-8-5-4-6-9-13)24-18-14(21)10-7-11-15(18)22;;;/h4-11,16H,12H2,1-3H3;2*1H;/q;;;+2/p-2/t16-;;;/m1.../s1. The molecule has 0 N–H and O–H groups in total. The Labute approximate surface area is 196 Å². The van der Waals surface area contributed by atoms with Gasteiger partial charge < -0.3 is 4.74 Å². The molecule has 1 aliphatic heterocycles. The summed E-state index contributed by atoms with van der Waals surface area (Å²) in [5.74, 6) is 0.530. The van der Waals surface area contributed by atoms with Crippen molar-refractivity contribution in [2.45, 2.75) is 26.8 Å². The van der Waals surface area contributed by atoms with Crippen molar-refractivity contribution in [1.29, 1.82) is 0 Å². The van der Waals surface area contributed by atoms with Gasteiger partial charge >= 0.3 is 39.3 Å². The molecule has 1 heterocycles. The van der Waals surface area contributed by atoms with E-state index < -0.39 is 0 Å². The molecule has 0 fully saturated rings. The number of rotatable bonds is 3. The summed E-state index contributed by atoms with van der Waals surface area (Å²) in [5, 5.41) is 0.985. The molecule has 3 rings (SSSR count). The second kappa shape index (κ2) is 11.1. The quantitative estimate of drug-likeness (QED) is 0.266. The van der Waals surface area contributed by atoms with Crippen LogP contribution in [0.1, 0.15) is 26.3 Å². The van der Waals surface area contributed by atoms with E-state index in [0.29, 0.717) is 33.9 Å². The summed E-state index contributed by atoms with van der Waals surface area (Å²) in [6.45, 7) is 6.99. The number of halogens is 4. The van der Waals surface area contributed by atoms with Gasteiger partial charge in [0.1, 0.15) is 18.0 Å². The fourth-order valence-electron chi connectivity index (χ4n) is 2.49. The van der Waals surface area contributed by atoms with Gasteiger partial charge in [0.15, 0.2) is 0 Å². The van der Waals surface area contributed by atoms with Gasteiger partial charge in [0.2, 0.25) is 5.90 Å². The average molecular weight is 594 g/mol. The Bertz CT molecular complexity index is 835. The first-order chi connectivity index (χ1) is 13.3. The molecule has 0 saturated heterocycles. The molecule has 2 aromatic carbocycles. The molecule has 0 aliphatic carbocycles. The molecule has 1 aliphatic rings. The van der Waals surface area contributed by atoms with Gasteiger partial charge in [-0.15, -0.1) is 0 Å². The van der Waals surface area contributed by atoms with Crippen LogP contribution in [0, 0.1) is 5.41 Å². The molecule has 0 aromatic heterocycles. The van der Waals surface area contributed by atoms with Crippen LogP contribution in [0.25, 0.3) is 0 Å². The van der Waals surface area contributed by atoms with Crippen molar-refractivity contribution >= 4 is 68.9 Å². The van der Waals surface area contributed by atoms with Crippen LogP contribution in [0.4, 0.5) is 5.69 Å². The molecule has 3 nitrogen and oxygen atoms in total. The Morgan fingerprint density at radius 1 is 1.07 bits per heavy atom. The van der Waals surface area contributed by atoms with Gasteiger partial charge in [-0.25, -0.2) is 9.98 Å². The summed E-state index contributed by atoms with van der Waals surface area (Å²) in [7, 11) is 1.25. The second-order valence-electron chi connectivity index (χ2n) is 7.07. The summed E-state index contributed by atoms with van der Waals surface area (Å²) in [4.78, 5) is 9.49. The fourth-order valence-corrected chi connectivity index (χ4v) is 2.97. The van der Waals surface area contributed by atoms with E-state index in [1.165, 1.54) is 10.9 Å². The predicted molar refractivity (Wildman–Crippen MR) is 124 cm³/mol. The molecule has 0 spiro atoms. The zero-order valence-electron chi connectivity index (χ0n) is 15.5. The van der Waals surface area contributed by atoms with E-state index in [-0.39, 0.29) is 11.5 Å². The Morgan fingerprint density at radius 3 is 2.14 bits per heavy atom. The van der Waals surface area contributed by atoms with Crippen molar-refractivity contribution in [1.82, 2.24) is 0 Å². The molecule has 0 bridgehead atoms. The number of para-hydroxylation sites is 1. The summed E-state index contributed by atoms with van der Waals surface area (Å²) < 4.78 is 5.89. The minimum absolute atomic E-state index is 0.0194. The van der Waals surface area contributed by atoms with Gasteiger partial charge in [-0.3, -0.25) is 0 Å². The number of nitrogens with zero attached hydrogens (tertiary/aromatic N) is 2. The molecule has 2 aromatic rings. The summed E-state index contributed by atoms with van der Waals surface area (Å²) in [6.07, 6.45) is 0. The van der Waals surface area contributed by atoms with Gasteiger partial charge in [0.05, 0.1) is 16.1 Å². The van der Waals surface area contributed by atoms with Gasteiger partial charge in [-0.1, -0.05) is 80.4 Å². The van der Waals surface area contributed by atoms with Crippen molar-refractivity contribution in [3.05, 3.63) is 64.1 Å². The Balaban J connectivity index is 0.000000878. The normalized spacial score (nSPS) is 16.9. The van der Waals surface area contributed by atoms with Crippen LogP contribution in [0.15, 0.2) is 58.5 Å². The van der Waals surface area contributed by atoms with Crippen molar-refractivity contribution in [3.8, 4) is 0 Å². The fraction of sp³-hybridized carbons (Fsp3) is 0.300. The van der Waals surface area contributed by atoms with Crippen LogP contribution in [-0.2, 0) is 15.6 Å². The Hall–Kier alpha value is -0.386. The average Bonchev–Trinajstić information content (AvgIpc) is 3.13. The van der Waals surface area contributed by atoms with E-state index in [0.717, 1.165) is 5.56 Å². The zero-order chi connectivity index (χ0) is 20.7. The Morgan fingerprint density at radius 2 is 1.64 bits per heavy atom. The Kier molecular flexibility index (Phi) is 9.49. The molecule has 154 valence electrons. The van der Waals surface area contributed by atoms with E-state index in [1.807, 2.05) is 30.3 Å². The number of hydrogen-bond donors (Lipinski definition) is 0. The number of hydrogen-bond acceptors (Lipinski definition) is 3.